The van der Waals surface area contributed by atoms with Crippen LogP contribution in [-0.4, -0.2) is 18.3 Å². The maximum atomic E-state index is 8.95. The number of aliphatic hydroxyl groups is 1. The van der Waals surface area contributed by atoms with Crippen LogP contribution < -0.4 is 5.32 Å². The van der Waals surface area contributed by atoms with E-state index in [1.807, 2.05) is 12.1 Å². The van der Waals surface area contributed by atoms with E-state index in [0.29, 0.717) is 5.92 Å². The molecule has 14 heavy (non-hydrogen) atoms. The molecule has 2 rings (SSSR count). The summed E-state index contributed by atoms with van der Waals surface area (Å²) < 4.78 is 0. The molecule has 1 aromatic rings. The predicted molar refractivity (Wildman–Crippen MR) is 57.6 cm³/mol. The summed E-state index contributed by atoms with van der Waals surface area (Å²) in [5, 5.41) is 13.1. The number of halogens is 1. The van der Waals surface area contributed by atoms with Crippen LogP contribution >= 0.6 is 11.6 Å². The van der Waals surface area contributed by atoms with E-state index < -0.39 is 0 Å². The molecular formula is C11H14ClNO. The number of nitrogens with one attached hydrogen (secondary N) is 1. The van der Waals surface area contributed by atoms with Gasteiger partial charge in [0.05, 0.1) is 0 Å². The first-order valence-electron chi connectivity index (χ1n) is 4.91. The Morgan fingerprint density at radius 3 is 3.14 bits per heavy atom. The van der Waals surface area contributed by atoms with Crippen molar-refractivity contribution in [1.82, 2.24) is 5.32 Å². The Hall–Kier alpha value is -0.570. The van der Waals surface area contributed by atoms with E-state index in [0.717, 1.165) is 24.5 Å². The maximum Gasteiger partial charge on any atom is 0.0437 e. The van der Waals surface area contributed by atoms with E-state index in [9.17, 15) is 0 Å². The quantitative estimate of drug-likeness (QED) is 0.784. The average Bonchev–Trinajstić information content (AvgIpc) is 2.19. The van der Waals surface area contributed by atoms with Gasteiger partial charge in [-0.25, -0.2) is 0 Å². The van der Waals surface area contributed by atoms with Gasteiger partial charge in [-0.15, -0.1) is 0 Å². The number of fused-ring (bicyclic) bond motifs is 1. The molecule has 0 unspecified atom stereocenters. The number of hydrogen-bond acceptors (Lipinski definition) is 2. The van der Waals surface area contributed by atoms with Crippen molar-refractivity contribution < 1.29 is 5.11 Å². The molecule has 0 spiro atoms. The summed E-state index contributed by atoms with van der Waals surface area (Å²) in [6.07, 6.45) is 0.806. The molecule has 1 aliphatic rings. The standard InChI is InChI=1S/C11H14ClNO/c12-10-2-1-8-6-13-7-9(3-4-14)11(8)5-10/h1-2,5,9,13-14H,3-4,6-7H2/t9-/m1/s1. The lowest BCUT2D eigenvalue weighted by Crippen LogP contribution is -2.28. The van der Waals surface area contributed by atoms with E-state index in [1.165, 1.54) is 11.1 Å². The molecule has 76 valence electrons. The van der Waals surface area contributed by atoms with Gasteiger partial charge in [-0.3, -0.25) is 0 Å². The molecule has 0 bridgehead atoms. The van der Waals surface area contributed by atoms with Crippen molar-refractivity contribution in [2.24, 2.45) is 0 Å². The van der Waals surface area contributed by atoms with Gasteiger partial charge in [0, 0.05) is 24.7 Å². The van der Waals surface area contributed by atoms with Crippen LogP contribution in [0.1, 0.15) is 23.5 Å². The van der Waals surface area contributed by atoms with Crippen LogP contribution in [0.4, 0.5) is 0 Å². The van der Waals surface area contributed by atoms with Crippen LogP contribution in [-0.2, 0) is 6.54 Å². The Labute approximate surface area is 88.9 Å². The average molecular weight is 212 g/mol. The van der Waals surface area contributed by atoms with Gasteiger partial charge in [0.25, 0.3) is 0 Å². The Bertz CT molecular complexity index is 327. The summed E-state index contributed by atoms with van der Waals surface area (Å²) in [4.78, 5) is 0. The molecule has 1 aliphatic heterocycles. The highest BCUT2D eigenvalue weighted by molar-refractivity contribution is 6.30. The lowest BCUT2D eigenvalue weighted by atomic mass is 9.89. The number of benzene rings is 1. The third-order valence-corrected chi connectivity index (χ3v) is 2.97. The Morgan fingerprint density at radius 1 is 1.50 bits per heavy atom. The third kappa shape index (κ3) is 1.92. The van der Waals surface area contributed by atoms with Crippen LogP contribution in [0.15, 0.2) is 18.2 Å². The van der Waals surface area contributed by atoms with Gasteiger partial charge >= 0.3 is 0 Å². The molecule has 0 saturated heterocycles. The highest BCUT2D eigenvalue weighted by Gasteiger charge is 2.19. The molecule has 1 atom stereocenters. The second-order valence-electron chi connectivity index (χ2n) is 3.68. The van der Waals surface area contributed by atoms with Gasteiger partial charge in [-0.2, -0.15) is 0 Å². The van der Waals surface area contributed by atoms with Gasteiger partial charge in [-0.05, 0) is 35.6 Å². The topological polar surface area (TPSA) is 32.3 Å². The van der Waals surface area contributed by atoms with E-state index in [4.69, 9.17) is 16.7 Å². The lowest BCUT2D eigenvalue weighted by molar-refractivity contribution is 0.271. The van der Waals surface area contributed by atoms with Crippen molar-refractivity contribution in [3.05, 3.63) is 34.3 Å². The fourth-order valence-corrected chi connectivity index (χ4v) is 2.19. The Kier molecular flexibility index (Phi) is 3.06. The molecule has 0 amide bonds. The first-order chi connectivity index (χ1) is 6.81. The summed E-state index contributed by atoms with van der Waals surface area (Å²) >= 11 is 5.96. The summed E-state index contributed by atoms with van der Waals surface area (Å²) in [6.45, 7) is 2.08. The molecule has 0 aliphatic carbocycles. The van der Waals surface area contributed by atoms with E-state index in [1.54, 1.807) is 0 Å². The number of hydrogen-bond donors (Lipinski definition) is 2. The Morgan fingerprint density at radius 2 is 2.36 bits per heavy atom. The Balaban J connectivity index is 2.32. The molecule has 1 aromatic carbocycles. The zero-order valence-corrected chi connectivity index (χ0v) is 8.72. The first kappa shape index (κ1) is 9.97. The lowest BCUT2D eigenvalue weighted by Gasteiger charge is -2.26. The summed E-state index contributed by atoms with van der Waals surface area (Å²) in [6, 6.07) is 6.01. The first-order valence-corrected chi connectivity index (χ1v) is 5.29. The normalized spacial score (nSPS) is 20.6. The molecule has 3 heteroatoms. The van der Waals surface area contributed by atoms with Crippen LogP contribution in [0.2, 0.25) is 5.02 Å². The van der Waals surface area contributed by atoms with Crippen LogP contribution in [0, 0.1) is 0 Å². The van der Waals surface area contributed by atoms with Crippen molar-refractivity contribution in [3.8, 4) is 0 Å². The summed E-state index contributed by atoms with van der Waals surface area (Å²) in [7, 11) is 0. The fraction of sp³-hybridized carbons (Fsp3) is 0.455. The minimum atomic E-state index is 0.234. The summed E-state index contributed by atoms with van der Waals surface area (Å²) in [5.41, 5.74) is 2.60. The minimum Gasteiger partial charge on any atom is -0.396 e. The molecule has 2 N–H and O–H groups in total. The molecule has 0 fully saturated rings. The smallest absolute Gasteiger partial charge is 0.0437 e. The minimum absolute atomic E-state index is 0.234. The predicted octanol–water partition coefficient (Wildman–Crippen LogP) is 1.91. The second kappa shape index (κ2) is 4.30. The molecule has 0 radical (unpaired) electrons. The molecule has 1 heterocycles. The van der Waals surface area contributed by atoms with Crippen LogP contribution in [0.5, 0.6) is 0 Å². The molecule has 0 aromatic heterocycles. The molecular weight excluding hydrogens is 198 g/mol. The summed E-state index contributed by atoms with van der Waals surface area (Å²) in [5.74, 6) is 0.405. The number of rotatable bonds is 2. The largest absolute Gasteiger partial charge is 0.396 e. The van der Waals surface area contributed by atoms with Gasteiger partial charge in [-0.1, -0.05) is 17.7 Å². The van der Waals surface area contributed by atoms with Gasteiger partial charge < -0.3 is 10.4 Å². The zero-order valence-electron chi connectivity index (χ0n) is 7.96. The van der Waals surface area contributed by atoms with Crippen molar-refractivity contribution in [2.75, 3.05) is 13.2 Å². The van der Waals surface area contributed by atoms with Crippen molar-refractivity contribution in [2.45, 2.75) is 18.9 Å². The van der Waals surface area contributed by atoms with E-state index in [2.05, 4.69) is 11.4 Å². The van der Waals surface area contributed by atoms with Gasteiger partial charge in [0.15, 0.2) is 0 Å². The van der Waals surface area contributed by atoms with Gasteiger partial charge in [0.2, 0.25) is 0 Å². The highest BCUT2D eigenvalue weighted by Crippen LogP contribution is 2.28. The van der Waals surface area contributed by atoms with E-state index >= 15 is 0 Å². The van der Waals surface area contributed by atoms with Gasteiger partial charge in [0.1, 0.15) is 0 Å². The SMILES string of the molecule is OCC[C@@H]1CNCc2ccc(Cl)cc21. The second-order valence-corrected chi connectivity index (χ2v) is 4.12. The highest BCUT2D eigenvalue weighted by atomic mass is 35.5. The zero-order chi connectivity index (χ0) is 9.97. The van der Waals surface area contributed by atoms with E-state index in [-0.39, 0.29) is 6.61 Å². The maximum absolute atomic E-state index is 8.95. The monoisotopic (exact) mass is 211 g/mol. The van der Waals surface area contributed by atoms with Crippen molar-refractivity contribution in [3.63, 3.8) is 0 Å². The van der Waals surface area contributed by atoms with Crippen LogP contribution in [0.3, 0.4) is 0 Å². The number of aliphatic hydroxyl groups excluding tert-OH is 1. The van der Waals surface area contributed by atoms with Crippen LogP contribution in [0.25, 0.3) is 0 Å². The molecule has 2 nitrogen and oxygen atoms in total. The van der Waals surface area contributed by atoms with Crippen molar-refractivity contribution >= 4 is 11.6 Å². The third-order valence-electron chi connectivity index (χ3n) is 2.73. The molecule has 0 saturated carbocycles. The van der Waals surface area contributed by atoms with Crippen molar-refractivity contribution in [1.29, 1.82) is 0 Å². The fourth-order valence-electron chi connectivity index (χ4n) is 2.01.